The third-order valence-corrected chi connectivity index (χ3v) is 6.91. The molecule has 1 aromatic carbocycles. The molecule has 2 aromatic heterocycles. The number of aliphatic hydroxyl groups is 1. The third-order valence-electron chi connectivity index (χ3n) is 6.91. The van der Waals surface area contributed by atoms with Crippen molar-refractivity contribution in [3.05, 3.63) is 58.7 Å². The Labute approximate surface area is 197 Å². The molecule has 1 amide bonds. The molecule has 0 unspecified atom stereocenters. The molecule has 2 aliphatic heterocycles. The van der Waals surface area contributed by atoms with Crippen molar-refractivity contribution in [3.63, 3.8) is 0 Å². The Morgan fingerprint density at radius 2 is 2.03 bits per heavy atom. The van der Waals surface area contributed by atoms with Crippen molar-refractivity contribution >= 4 is 17.4 Å². The fourth-order valence-corrected chi connectivity index (χ4v) is 5.05. The number of anilines is 1. The lowest BCUT2D eigenvalue weighted by Crippen LogP contribution is -2.39. The first-order valence-electron chi connectivity index (χ1n) is 11.6. The van der Waals surface area contributed by atoms with Crippen LogP contribution < -0.4 is 4.90 Å². The number of hydrogen-bond donors (Lipinski definition) is 1. The highest BCUT2D eigenvalue weighted by Crippen LogP contribution is 2.33. The van der Waals surface area contributed by atoms with Crippen molar-refractivity contribution in [1.82, 2.24) is 19.5 Å². The van der Waals surface area contributed by atoms with Gasteiger partial charge in [0, 0.05) is 43.0 Å². The van der Waals surface area contributed by atoms with Gasteiger partial charge in [-0.3, -0.25) is 4.79 Å². The Kier molecular flexibility index (Phi) is 5.70. The van der Waals surface area contributed by atoms with Gasteiger partial charge >= 0.3 is 0 Å². The molecule has 3 atom stereocenters. The monoisotopic (exact) mass is 462 g/mol. The molecule has 3 aromatic rings. The number of piperidine rings is 1. The van der Waals surface area contributed by atoms with E-state index in [-0.39, 0.29) is 11.9 Å². The Balaban J connectivity index is 1.47. The predicted octanol–water partition coefficient (Wildman–Crippen LogP) is 3.17. The van der Waals surface area contributed by atoms with Gasteiger partial charge in [-0.05, 0) is 50.8 Å². The van der Waals surface area contributed by atoms with E-state index in [2.05, 4.69) is 6.07 Å². The Hall–Kier alpha value is -3.51. The molecule has 1 N–H and O–H groups in total. The molecule has 5 rings (SSSR count). The molecule has 34 heavy (non-hydrogen) atoms. The number of fused-ring (bicyclic) bond motifs is 1. The van der Waals surface area contributed by atoms with E-state index in [0.717, 1.165) is 41.9 Å². The Morgan fingerprint density at radius 3 is 2.79 bits per heavy atom. The Bertz CT molecular complexity index is 1300. The van der Waals surface area contributed by atoms with Crippen LogP contribution in [0.25, 0.3) is 5.65 Å². The van der Waals surface area contributed by atoms with Crippen LogP contribution in [-0.2, 0) is 0 Å². The Morgan fingerprint density at radius 1 is 1.21 bits per heavy atom. The molecule has 176 valence electrons. The van der Waals surface area contributed by atoms with Gasteiger partial charge in [-0.1, -0.05) is 6.07 Å². The number of carbonyl (C=O) groups excluding carboxylic acids is 1. The second kappa shape index (κ2) is 8.69. The largest absolute Gasteiger partial charge is 0.390 e. The van der Waals surface area contributed by atoms with Crippen LogP contribution in [0.15, 0.2) is 30.5 Å². The fraction of sp³-hybridized carbons (Fsp3) is 0.440. The summed E-state index contributed by atoms with van der Waals surface area (Å²) >= 11 is 0. The van der Waals surface area contributed by atoms with Crippen LogP contribution in [-0.4, -0.2) is 56.2 Å². The molecule has 9 heteroatoms. The number of nitrogens with zero attached hydrogens (tertiary/aromatic N) is 6. The summed E-state index contributed by atoms with van der Waals surface area (Å²) in [6.07, 6.45) is 3.83. The molecule has 4 heterocycles. The number of halogens is 1. The number of aromatic nitrogens is 3. The minimum absolute atomic E-state index is 0.183. The lowest BCUT2D eigenvalue weighted by atomic mass is 9.97. The van der Waals surface area contributed by atoms with Crippen LogP contribution in [0.5, 0.6) is 0 Å². The van der Waals surface area contributed by atoms with Gasteiger partial charge in [0.1, 0.15) is 11.6 Å². The molecule has 2 aliphatic rings. The SMILES string of the molecule is Cc1ccc(F)cc1C(=O)N1CCCC[C@H]1c1cc2nc(N3C[C@@H](C#N)[C@@H](O)C3)c(C)cn2n1. The smallest absolute Gasteiger partial charge is 0.254 e. The van der Waals surface area contributed by atoms with Crippen molar-refractivity contribution in [2.45, 2.75) is 45.3 Å². The predicted molar refractivity (Wildman–Crippen MR) is 124 cm³/mol. The number of amides is 1. The van der Waals surface area contributed by atoms with E-state index in [4.69, 9.17) is 10.1 Å². The molecule has 8 nitrogen and oxygen atoms in total. The summed E-state index contributed by atoms with van der Waals surface area (Å²) in [5.41, 5.74) is 3.41. The van der Waals surface area contributed by atoms with E-state index in [1.165, 1.54) is 12.1 Å². The van der Waals surface area contributed by atoms with Crippen molar-refractivity contribution in [2.24, 2.45) is 5.92 Å². The van der Waals surface area contributed by atoms with E-state index in [0.29, 0.717) is 30.8 Å². The maximum atomic E-state index is 13.9. The van der Waals surface area contributed by atoms with Crippen LogP contribution in [0.4, 0.5) is 10.2 Å². The molecule has 0 radical (unpaired) electrons. The number of hydrogen-bond acceptors (Lipinski definition) is 6. The molecule has 0 saturated carbocycles. The summed E-state index contributed by atoms with van der Waals surface area (Å²) in [5.74, 6) is -0.320. The molecule has 0 bridgehead atoms. The third kappa shape index (κ3) is 3.88. The summed E-state index contributed by atoms with van der Waals surface area (Å²) in [4.78, 5) is 21.9. The van der Waals surface area contributed by atoms with Gasteiger partial charge in [0.15, 0.2) is 5.65 Å². The van der Waals surface area contributed by atoms with E-state index < -0.39 is 17.8 Å². The van der Waals surface area contributed by atoms with Gasteiger partial charge in [-0.25, -0.2) is 13.9 Å². The van der Waals surface area contributed by atoms with Crippen LogP contribution in [0.1, 0.15) is 52.5 Å². The van der Waals surface area contributed by atoms with E-state index in [9.17, 15) is 19.6 Å². The van der Waals surface area contributed by atoms with Crippen molar-refractivity contribution in [2.75, 3.05) is 24.5 Å². The lowest BCUT2D eigenvalue weighted by molar-refractivity contribution is 0.0604. The quantitative estimate of drug-likeness (QED) is 0.642. The van der Waals surface area contributed by atoms with Gasteiger partial charge in [0.25, 0.3) is 5.91 Å². The van der Waals surface area contributed by atoms with Gasteiger partial charge in [0.2, 0.25) is 0 Å². The molecule has 0 aliphatic carbocycles. The van der Waals surface area contributed by atoms with E-state index in [1.54, 1.807) is 15.5 Å². The summed E-state index contributed by atoms with van der Waals surface area (Å²) < 4.78 is 15.6. The van der Waals surface area contributed by atoms with Crippen LogP contribution in [0, 0.1) is 36.9 Å². The van der Waals surface area contributed by atoms with E-state index >= 15 is 0 Å². The number of rotatable bonds is 3. The lowest BCUT2D eigenvalue weighted by Gasteiger charge is -2.35. The minimum Gasteiger partial charge on any atom is -0.390 e. The summed E-state index contributed by atoms with van der Waals surface area (Å²) in [7, 11) is 0. The summed E-state index contributed by atoms with van der Waals surface area (Å²) in [6, 6.07) is 8.14. The minimum atomic E-state index is -0.698. The zero-order chi connectivity index (χ0) is 24.0. The van der Waals surface area contributed by atoms with Crippen LogP contribution >= 0.6 is 0 Å². The number of carbonyl (C=O) groups is 1. The first-order chi connectivity index (χ1) is 16.4. The van der Waals surface area contributed by atoms with E-state index in [1.807, 2.05) is 31.0 Å². The normalized spacial score (nSPS) is 22.9. The number of nitriles is 1. The zero-order valence-corrected chi connectivity index (χ0v) is 19.3. The van der Waals surface area contributed by atoms with Crippen LogP contribution in [0.3, 0.4) is 0 Å². The van der Waals surface area contributed by atoms with Crippen LogP contribution in [0.2, 0.25) is 0 Å². The second-order valence-electron chi connectivity index (χ2n) is 9.30. The summed E-state index contributed by atoms with van der Waals surface area (Å²) in [6.45, 7) is 5.13. The molecular formula is C25H27FN6O2. The highest BCUT2D eigenvalue weighted by atomic mass is 19.1. The standard InChI is InChI=1S/C25H27FN6O2/c1-15-6-7-18(26)9-19(15)25(34)31-8-4-3-5-21(31)20-10-23-28-24(16(2)12-32(23)29-20)30-13-17(11-27)22(33)14-30/h6-7,9-10,12,17,21-22,33H,3-5,8,13-14H2,1-2H3/t17-,21+,22+/m1/s1. The first-order valence-corrected chi connectivity index (χ1v) is 11.6. The highest BCUT2D eigenvalue weighted by molar-refractivity contribution is 5.96. The number of aliphatic hydroxyl groups excluding tert-OH is 1. The van der Waals surface area contributed by atoms with Gasteiger partial charge in [-0.15, -0.1) is 0 Å². The van der Waals surface area contributed by atoms with Crippen molar-refractivity contribution < 1.29 is 14.3 Å². The highest BCUT2D eigenvalue weighted by Gasteiger charge is 2.34. The number of β-amino-alcohol motifs (C(OH)–C–C–N with tert-alkyl or cyclic N) is 1. The molecule has 2 fully saturated rings. The van der Waals surface area contributed by atoms with Gasteiger partial charge in [-0.2, -0.15) is 10.4 Å². The maximum Gasteiger partial charge on any atom is 0.254 e. The van der Waals surface area contributed by atoms with Crippen molar-refractivity contribution in [3.8, 4) is 6.07 Å². The molecule has 2 saturated heterocycles. The van der Waals surface area contributed by atoms with Gasteiger partial charge < -0.3 is 14.9 Å². The zero-order valence-electron chi connectivity index (χ0n) is 19.3. The molecular weight excluding hydrogens is 435 g/mol. The number of aryl methyl sites for hydroxylation is 2. The average Bonchev–Trinajstić information content (AvgIpc) is 3.42. The summed E-state index contributed by atoms with van der Waals surface area (Å²) in [5, 5.41) is 24.1. The van der Waals surface area contributed by atoms with Crippen molar-refractivity contribution in [1.29, 1.82) is 5.26 Å². The first kappa shape index (κ1) is 22.3. The number of benzene rings is 1. The second-order valence-corrected chi connectivity index (χ2v) is 9.30. The number of likely N-dealkylation sites (tertiary alicyclic amines) is 1. The average molecular weight is 463 g/mol. The maximum absolute atomic E-state index is 13.9. The topological polar surface area (TPSA) is 97.8 Å². The van der Waals surface area contributed by atoms with Gasteiger partial charge in [0.05, 0.1) is 29.8 Å². The molecule has 0 spiro atoms. The fourth-order valence-electron chi connectivity index (χ4n) is 5.05.